The lowest BCUT2D eigenvalue weighted by Crippen LogP contribution is -3.00. The van der Waals surface area contributed by atoms with E-state index in [9.17, 15) is 107 Å². The molecular weight excluding hydrogens is 1310 g/mol. The monoisotopic (exact) mass is 1410 g/mol. The highest BCUT2D eigenvalue weighted by Gasteiger charge is 2.60. The standard InChI is InChI=1S/C42H70O35.C13H26N.BrH/c43-1-8-29-15(50)22(57)36(64-8)72-30-9(2-44)66-38(24(59)17(30)52)74-32-11(4-46)68-40(26(61)19(32)54)76-34-13(6-48)70-42(28(63)21(34)56)77-35-14(7-49)69-41(27(62)20(35)55)75-33-12(5-47)67-39(25(60)18(33)53)73-31-10(3-45)65-37(71-29)23(58)16(31)51;1-6-9-14(5)10-12(2)7-8-13(3,4)11-14;/h8-63H,1-7H2;6,12H,1,7-11H2,2-5H3;1H/q;+1;/p-1/t8-,9-,10-,11-,12-,13-,14-,15-,16-,17-,18-,19-,20-,21-,22-,23-,24-,25-,26-,27-,28+,29-,30-,31-,32-,33-,34-,35-,36-,37-,38-,39-,40-,41-,42-;;/m0../s1. The van der Waals surface area contributed by atoms with Gasteiger partial charge in [0.15, 0.2) is 44.0 Å². The number of halogens is 1. The number of likely N-dealkylation sites (N-methyl/N-ethyl adjacent to an activating group) is 1. The van der Waals surface area contributed by atoms with Crippen LogP contribution < -0.4 is 17.0 Å². The quantitative estimate of drug-likeness (QED) is 0.0753. The van der Waals surface area contributed by atoms with Crippen LogP contribution in [0.4, 0.5) is 0 Å². The molecule has 37 atom stereocenters. The molecule has 22 aliphatic rings. The number of aliphatic hydroxyl groups excluding tert-OH is 21. The SMILES string of the molecule is C=CC[N+]1(C)CC(C)CCC(C)(C)C1.OC[C@@H]1O[C@H]2O[C@@H]3[C@@H](O)[C@H](O)[C@H](O[C@@H]4[C@@H](O)[C@H](O)[C@H](O[C@@H]5[C@@H](O)[C@@H](O)[C@H](O[C@@H]6[C@@H](O)[C@H](O)[C@H](O[C@@H]7[C@@H](O)[C@H](O)[C@H](O[C@@H]8[C@@H](O)[C@H](O)[C@H](O[C@@H]1[C@@H](O)[C@@H]2O)O[C@H]8CO)O[C@H]7CO)O[C@H]6CO)O[C@H]5CO)O[C@H]4CO)O[C@H]3CO.[Br-]. The van der Waals surface area contributed by atoms with Crippen LogP contribution in [0.25, 0.3) is 0 Å². The zero-order valence-corrected chi connectivity index (χ0v) is 52.6. The lowest BCUT2D eigenvalue weighted by atomic mass is 9.86. The van der Waals surface area contributed by atoms with Gasteiger partial charge < -0.3 is 195 Å². The third kappa shape index (κ3) is 16.8. The van der Waals surface area contributed by atoms with Gasteiger partial charge >= 0.3 is 0 Å². The van der Waals surface area contributed by atoms with E-state index in [2.05, 4.69) is 40.5 Å². The molecule has 22 fully saturated rings. The Morgan fingerprint density at radius 3 is 0.696 bits per heavy atom. The maximum absolute atomic E-state index is 11.3. The molecule has 36 nitrogen and oxygen atoms in total. The van der Waals surface area contributed by atoms with Crippen LogP contribution in [0.5, 0.6) is 0 Å². The number of ether oxygens (including phenoxy) is 14. The van der Waals surface area contributed by atoms with Crippen molar-refractivity contribution in [3.05, 3.63) is 12.7 Å². The first-order chi connectivity index (χ1) is 43.0. The minimum atomic E-state index is -2.21. The summed E-state index contributed by atoms with van der Waals surface area (Å²) in [7, 11) is 2.38. The van der Waals surface area contributed by atoms with Crippen LogP contribution >= 0.6 is 0 Å². The van der Waals surface area contributed by atoms with Gasteiger partial charge in [-0.2, -0.15) is 0 Å². The van der Waals surface area contributed by atoms with E-state index < -0.39 is 261 Å². The summed E-state index contributed by atoms with van der Waals surface area (Å²) >= 11 is 0. The van der Waals surface area contributed by atoms with Crippen molar-refractivity contribution in [3.63, 3.8) is 0 Å². The average Bonchev–Trinajstić information content (AvgIpc) is 1.05. The molecule has 22 saturated heterocycles. The number of aliphatic hydroxyl groups is 21. The number of hydrogen-bond acceptors (Lipinski definition) is 35. The smallest absolute Gasteiger partial charge is 0.187 e. The van der Waals surface area contributed by atoms with Crippen LogP contribution in [0, 0.1) is 11.3 Å². The third-order valence-electron chi connectivity index (χ3n) is 18.2. The summed E-state index contributed by atoms with van der Waals surface area (Å²) in [6, 6.07) is 0. The van der Waals surface area contributed by atoms with Crippen molar-refractivity contribution < 1.29 is 195 Å². The summed E-state index contributed by atoms with van der Waals surface area (Å²) in [5.74, 6) is 0.863. The number of nitrogens with zero attached hydrogens (tertiary/aromatic N) is 1. The molecule has 22 aliphatic heterocycles. The predicted molar refractivity (Wildman–Crippen MR) is 292 cm³/mol. The first kappa shape index (κ1) is 78.1. The van der Waals surface area contributed by atoms with Crippen LogP contribution in [0.1, 0.15) is 33.6 Å². The summed E-state index contributed by atoms with van der Waals surface area (Å²) in [5.41, 5.74) is 0.503. The molecule has 0 aromatic rings. The Morgan fingerprint density at radius 1 is 0.348 bits per heavy atom. The minimum Gasteiger partial charge on any atom is -1.00 e. The van der Waals surface area contributed by atoms with Crippen molar-refractivity contribution in [2.45, 2.75) is 249 Å². The molecule has 0 aromatic heterocycles. The third-order valence-corrected chi connectivity index (χ3v) is 18.2. The van der Waals surface area contributed by atoms with Crippen molar-refractivity contribution in [2.24, 2.45) is 11.3 Å². The Morgan fingerprint density at radius 2 is 0.533 bits per heavy atom. The van der Waals surface area contributed by atoms with Crippen molar-refractivity contribution in [1.29, 1.82) is 0 Å². The van der Waals surface area contributed by atoms with E-state index in [1.165, 1.54) is 30.4 Å². The zero-order valence-electron chi connectivity index (χ0n) is 51.0. The average molecular weight is 1410 g/mol. The van der Waals surface area contributed by atoms with Gasteiger partial charge in [0.25, 0.3) is 0 Å². The summed E-state index contributed by atoms with van der Waals surface area (Å²) in [4.78, 5) is 0. The molecule has 2 unspecified atom stereocenters. The lowest BCUT2D eigenvalue weighted by molar-refractivity contribution is -0.911. The molecule has 22 heterocycles. The summed E-state index contributed by atoms with van der Waals surface area (Å²) < 4.78 is 80.6. The fraction of sp³-hybridized carbons (Fsp3) is 0.964. The second-order valence-electron chi connectivity index (χ2n) is 25.9. The van der Waals surface area contributed by atoms with E-state index in [1.807, 2.05) is 0 Å². The fourth-order valence-corrected chi connectivity index (χ4v) is 13.5. The predicted octanol–water partition coefficient (Wildman–Crippen LogP) is -15.2. The molecule has 0 aliphatic carbocycles. The Bertz CT molecular complexity index is 1880. The van der Waals surface area contributed by atoms with Crippen LogP contribution in [-0.2, 0) is 66.3 Å². The molecule has 0 amide bonds. The Hall–Kier alpha value is -1.22. The molecule has 0 radical (unpaired) electrons. The summed E-state index contributed by atoms with van der Waals surface area (Å²) in [6.45, 7) is 7.49. The maximum atomic E-state index is 11.3. The first-order valence-electron chi connectivity index (χ1n) is 30.4. The normalized spacial score (nSPS) is 52.1. The van der Waals surface area contributed by atoms with Gasteiger partial charge in [0.2, 0.25) is 0 Å². The number of hydrogen-bond donors (Lipinski definition) is 21. The Kier molecular flexibility index (Phi) is 28.3. The van der Waals surface area contributed by atoms with Crippen LogP contribution in [0.15, 0.2) is 12.7 Å². The second kappa shape index (κ2) is 33.3. The molecule has 92 heavy (non-hydrogen) atoms. The minimum absolute atomic E-state index is 0. The number of likely N-dealkylation sites (tertiary alicyclic amines) is 1. The lowest BCUT2D eigenvalue weighted by Gasteiger charge is -2.50. The van der Waals surface area contributed by atoms with Crippen molar-refractivity contribution >= 4 is 0 Å². The molecule has 0 saturated carbocycles. The van der Waals surface area contributed by atoms with Gasteiger partial charge in [0.1, 0.15) is 171 Å². The number of quaternary nitrogens is 1. The van der Waals surface area contributed by atoms with Crippen molar-refractivity contribution in [2.75, 3.05) is 72.9 Å². The van der Waals surface area contributed by atoms with E-state index in [1.54, 1.807) is 0 Å². The second-order valence-corrected chi connectivity index (χ2v) is 25.9. The fourth-order valence-electron chi connectivity index (χ4n) is 13.5. The van der Waals surface area contributed by atoms with E-state index >= 15 is 0 Å². The van der Waals surface area contributed by atoms with Crippen LogP contribution in [0.3, 0.4) is 0 Å². The zero-order chi connectivity index (χ0) is 66.9. The topological polar surface area (TPSA) is 554 Å². The molecule has 538 valence electrons. The van der Waals surface area contributed by atoms with E-state index in [4.69, 9.17) is 66.3 Å². The van der Waals surface area contributed by atoms with E-state index in [0.717, 1.165) is 12.5 Å². The van der Waals surface area contributed by atoms with Gasteiger partial charge in [-0.05, 0) is 18.9 Å². The van der Waals surface area contributed by atoms with Gasteiger partial charge in [0.05, 0.1) is 72.9 Å². The Balaban J connectivity index is 0.000000708. The molecule has 21 N–H and O–H groups in total. The summed E-state index contributed by atoms with van der Waals surface area (Å²) in [5, 5.41) is 230. The molecule has 37 heteroatoms. The maximum Gasteiger partial charge on any atom is 0.187 e. The Labute approximate surface area is 538 Å². The van der Waals surface area contributed by atoms with Gasteiger partial charge in [-0.25, -0.2) is 0 Å². The largest absolute Gasteiger partial charge is 1.00 e. The van der Waals surface area contributed by atoms with Crippen LogP contribution in [-0.4, -0.2) is 400 Å². The molecule has 14 bridgehead atoms. The molecular formula is C55H96BrNO35. The molecule has 0 aromatic carbocycles. The van der Waals surface area contributed by atoms with Gasteiger partial charge in [-0.3, -0.25) is 0 Å². The van der Waals surface area contributed by atoms with Gasteiger partial charge in [-0.15, -0.1) is 0 Å². The highest BCUT2D eigenvalue weighted by atomic mass is 79.9. The van der Waals surface area contributed by atoms with Gasteiger partial charge in [-0.1, -0.05) is 27.4 Å². The van der Waals surface area contributed by atoms with Crippen LogP contribution in [0.2, 0.25) is 0 Å². The van der Waals surface area contributed by atoms with Crippen molar-refractivity contribution in [3.8, 4) is 0 Å². The molecule has 0 spiro atoms. The van der Waals surface area contributed by atoms with E-state index in [-0.39, 0.29) is 17.0 Å². The van der Waals surface area contributed by atoms with Crippen molar-refractivity contribution in [1.82, 2.24) is 0 Å². The highest BCUT2D eigenvalue weighted by Crippen LogP contribution is 2.40. The molecule has 22 rings (SSSR count). The summed E-state index contributed by atoms with van der Waals surface area (Å²) in [6.07, 6.45) is -65.4. The number of rotatable bonds is 9. The van der Waals surface area contributed by atoms with Gasteiger partial charge in [0, 0.05) is 11.3 Å². The highest BCUT2D eigenvalue weighted by molar-refractivity contribution is 5.02. The van der Waals surface area contributed by atoms with E-state index in [0.29, 0.717) is 5.41 Å². The first-order valence-corrected chi connectivity index (χ1v) is 30.4.